The Morgan fingerprint density at radius 1 is 1.29 bits per heavy atom. The van der Waals surface area contributed by atoms with E-state index in [4.69, 9.17) is 0 Å². The lowest BCUT2D eigenvalue weighted by molar-refractivity contribution is 0.248. The molecule has 2 rings (SSSR count). The second-order valence-electron chi connectivity index (χ2n) is 6.28. The molecule has 1 aromatic rings. The number of benzene rings is 1. The molecule has 1 aliphatic rings. The topological polar surface area (TPSA) is 58.2 Å². The van der Waals surface area contributed by atoms with Gasteiger partial charge in [0.15, 0.2) is 0 Å². The lowest BCUT2D eigenvalue weighted by atomic mass is 9.80. The predicted octanol–water partition coefficient (Wildman–Crippen LogP) is 2.72. The van der Waals surface area contributed by atoms with E-state index in [0.717, 1.165) is 43.4 Å². The number of hydrogen-bond donors (Lipinski definition) is 2. The molecule has 0 aromatic heterocycles. The molecule has 0 unspecified atom stereocenters. The van der Waals surface area contributed by atoms with E-state index in [9.17, 15) is 8.42 Å². The molecule has 1 saturated carbocycles. The molecule has 1 aromatic carbocycles. The van der Waals surface area contributed by atoms with Gasteiger partial charge < -0.3 is 5.32 Å². The van der Waals surface area contributed by atoms with Crippen molar-refractivity contribution in [3.05, 3.63) is 29.3 Å². The van der Waals surface area contributed by atoms with Gasteiger partial charge in [-0.05, 0) is 69.3 Å². The Morgan fingerprint density at radius 2 is 2.00 bits per heavy atom. The van der Waals surface area contributed by atoms with Crippen LogP contribution in [-0.4, -0.2) is 20.5 Å². The minimum absolute atomic E-state index is 0.260. The molecule has 1 aliphatic carbocycles. The van der Waals surface area contributed by atoms with E-state index in [1.807, 2.05) is 19.9 Å². The third-order valence-electron chi connectivity index (χ3n) is 4.21. The van der Waals surface area contributed by atoms with Crippen LogP contribution in [0.25, 0.3) is 0 Å². The smallest absolute Gasteiger partial charge is 0.241 e. The molecule has 21 heavy (non-hydrogen) atoms. The van der Waals surface area contributed by atoms with Crippen molar-refractivity contribution in [2.24, 2.45) is 0 Å². The van der Waals surface area contributed by atoms with Crippen molar-refractivity contribution in [3.8, 4) is 0 Å². The van der Waals surface area contributed by atoms with Crippen molar-refractivity contribution < 1.29 is 8.42 Å². The molecule has 1 fully saturated rings. The molecule has 4 nitrogen and oxygen atoms in total. The second kappa shape index (κ2) is 6.46. The van der Waals surface area contributed by atoms with Gasteiger partial charge in [-0.2, -0.15) is 0 Å². The van der Waals surface area contributed by atoms with E-state index in [1.54, 1.807) is 12.1 Å². The second-order valence-corrected chi connectivity index (χ2v) is 7.97. The molecule has 0 bridgehead atoms. The van der Waals surface area contributed by atoms with Gasteiger partial charge in [0, 0.05) is 12.1 Å². The Kier molecular flexibility index (Phi) is 5.07. The van der Waals surface area contributed by atoms with Crippen LogP contribution >= 0.6 is 0 Å². The maximum absolute atomic E-state index is 12.5. The van der Waals surface area contributed by atoms with Crippen LogP contribution in [0.15, 0.2) is 23.1 Å². The van der Waals surface area contributed by atoms with Crippen LogP contribution in [0.1, 0.15) is 50.7 Å². The highest BCUT2D eigenvalue weighted by atomic mass is 32.2. The largest absolute Gasteiger partial charge is 0.313 e. The maximum Gasteiger partial charge on any atom is 0.241 e. The number of rotatable bonds is 7. The SMILES string of the molecule is CCCNCc1cc(S(=O)(=O)NC2(C)CCC2)ccc1C. The highest BCUT2D eigenvalue weighted by Gasteiger charge is 2.36. The summed E-state index contributed by atoms with van der Waals surface area (Å²) in [6.07, 6.45) is 4.00. The van der Waals surface area contributed by atoms with Crippen LogP contribution in [0.2, 0.25) is 0 Å². The fraction of sp³-hybridized carbons (Fsp3) is 0.625. The summed E-state index contributed by atoms with van der Waals surface area (Å²) in [5.74, 6) is 0. The molecule has 118 valence electrons. The summed E-state index contributed by atoms with van der Waals surface area (Å²) in [5.41, 5.74) is 1.90. The minimum Gasteiger partial charge on any atom is -0.313 e. The fourth-order valence-electron chi connectivity index (χ4n) is 2.60. The number of sulfonamides is 1. The standard InChI is InChI=1S/C16H26N2O2S/c1-4-10-17-12-14-11-15(7-6-13(14)2)21(19,20)18-16(3)8-5-9-16/h6-7,11,17-18H,4-5,8-10,12H2,1-3H3. The van der Waals surface area contributed by atoms with E-state index in [-0.39, 0.29) is 5.54 Å². The van der Waals surface area contributed by atoms with Crippen molar-refractivity contribution in [2.75, 3.05) is 6.54 Å². The molecule has 0 amide bonds. The van der Waals surface area contributed by atoms with Crippen molar-refractivity contribution >= 4 is 10.0 Å². The summed E-state index contributed by atoms with van der Waals surface area (Å²) in [6, 6.07) is 5.38. The zero-order valence-electron chi connectivity index (χ0n) is 13.2. The van der Waals surface area contributed by atoms with Crippen LogP contribution in [-0.2, 0) is 16.6 Å². The average Bonchev–Trinajstić information content (AvgIpc) is 2.38. The summed E-state index contributed by atoms with van der Waals surface area (Å²) < 4.78 is 27.9. The fourth-order valence-corrected chi connectivity index (χ4v) is 4.11. The first-order valence-corrected chi connectivity index (χ1v) is 9.19. The molecule has 0 heterocycles. The number of nitrogens with one attached hydrogen (secondary N) is 2. The van der Waals surface area contributed by atoms with Crippen molar-refractivity contribution in [1.82, 2.24) is 10.0 Å². The van der Waals surface area contributed by atoms with E-state index in [0.29, 0.717) is 11.4 Å². The van der Waals surface area contributed by atoms with Gasteiger partial charge in [0.1, 0.15) is 0 Å². The van der Waals surface area contributed by atoms with Crippen LogP contribution < -0.4 is 10.0 Å². The zero-order chi connectivity index (χ0) is 15.5. The van der Waals surface area contributed by atoms with Gasteiger partial charge in [-0.25, -0.2) is 13.1 Å². The zero-order valence-corrected chi connectivity index (χ0v) is 14.0. The summed E-state index contributed by atoms with van der Waals surface area (Å²) in [5, 5.41) is 3.33. The Morgan fingerprint density at radius 3 is 2.57 bits per heavy atom. The van der Waals surface area contributed by atoms with Crippen molar-refractivity contribution in [2.45, 2.75) is 63.4 Å². The summed E-state index contributed by atoms with van der Waals surface area (Å²) in [7, 11) is -3.43. The molecule has 0 atom stereocenters. The third-order valence-corrected chi connectivity index (χ3v) is 5.85. The molecule has 5 heteroatoms. The highest BCUT2D eigenvalue weighted by Crippen LogP contribution is 2.32. The monoisotopic (exact) mass is 310 g/mol. The Labute approximate surface area is 128 Å². The van der Waals surface area contributed by atoms with Gasteiger partial charge in [-0.3, -0.25) is 0 Å². The normalized spacial score (nSPS) is 17.5. The maximum atomic E-state index is 12.5. The summed E-state index contributed by atoms with van der Waals surface area (Å²) >= 11 is 0. The van der Waals surface area contributed by atoms with E-state index in [1.165, 1.54) is 0 Å². The first kappa shape index (κ1) is 16.5. The Hall–Kier alpha value is -0.910. The first-order chi connectivity index (χ1) is 9.86. The van der Waals surface area contributed by atoms with Gasteiger partial charge in [0.25, 0.3) is 0 Å². The van der Waals surface area contributed by atoms with Gasteiger partial charge in [-0.15, -0.1) is 0 Å². The summed E-state index contributed by atoms with van der Waals surface area (Å²) in [4.78, 5) is 0.370. The molecule has 0 saturated heterocycles. The van der Waals surface area contributed by atoms with E-state index < -0.39 is 10.0 Å². The van der Waals surface area contributed by atoms with Gasteiger partial charge in [0.2, 0.25) is 10.0 Å². The highest BCUT2D eigenvalue weighted by molar-refractivity contribution is 7.89. The lowest BCUT2D eigenvalue weighted by Gasteiger charge is -2.38. The molecular weight excluding hydrogens is 284 g/mol. The molecular formula is C16H26N2O2S. The van der Waals surface area contributed by atoms with Gasteiger partial charge in [-0.1, -0.05) is 13.0 Å². The molecule has 0 aliphatic heterocycles. The molecule has 2 N–H and O–H groups in total. The quantitative estimate of drug-likeness (QED) is 0.761. The van der Waals surface area contributed by atoms with Crippen molar-refractivity contribution in [3.63, 3.8) is 0 Å². The van der Waals surface area contributed by atoms with Crippen molar-refractivity contribution in [1.29, 1.82) is 0 Å². The molecule has 0 radical (unpaired) electrons. The number of hydrogen-bond acceptors (Lipinski definition) is 3. The van der Waals surface area contributed by atoms with Crippen LogP contribution in [0, 0.1) is 6.92 Å². The molecule has 0 spiro atoms. The van der Waals surface area contributed by atoms with Crippen LogP contribution in [0.4, 0.5) is 0 Å². The van der Waals surface area contributed by atoms with E-state index in [2.05, 4.69) is 17.0 Å². The van der Waals surface area contributed by atoms with Crippen LogP contribution in [0.5, 0.6) is 0 Å². The average molecular weight is 310 g/mol. The van der Waals surface area contributed by atoms with Gasteiger partial charge >= 0.3 is 0 Å². The van der Waals surface area contributed by atoms with E-state index >= 15 is 0 Å². The first-order valence-electron chi connectivity index (χ1n) is 7.70. The Bertz CT molecular complexity index is 592. The van der Waals surface area contributed by atoms with Crippen LogP contribution in [0.3, 0.4) is 0 Å². The van der Waals surface area contributed by atoms with Gasteiger partial charge in [0.05, 0.1) is 4.90 Å². The predicted molar refractivity (Wildman–Crippen MR) is 85.8 cm³/mol. The number of aryl methyl sites for hydroxylation is 1. The Balaban J connectivity index is 2.16. The minimum atomic E-state index is -3.43. The third kappa shape index (κ3) is 4.05. The summed E-state index contributed by atoms with van der Waals surface area (Å²) in [6.45, 7) is 7.75. The lowest BCUT2D eigenvalue weighted by Crippen LogP contribution is -2.50.